The van der Waals surface area contributed by atoms with Crippen LogP contribution in [-0.4, -0.2) is 0 Å². The molecule has 0 spiro atoms. The fraction of sp³-hybridized carbons (Fsp3) is 0.882. The molecule has 3 heteroatoms. The number of allylic oxidation sites excluding steroid dienone is 1. The summed E-state index contributed by atoms with van der Waals surface area (Å²) in [5, 5.41) is 0. The van der Waals surface area contributed by atoms with Gasteiger partial charge in [0.05, 0.1) is 0 Å². The van der Waals surface area contributed by atoms with E-state index >= 15 is 0 Å². The molecule has 0 atom stereocenters. The molecule has 0 radical (unpaired) electrons. The summed E-state index contributed by atoms with van der Waals surface area (Å²) >= 11 is 0. The molecule has 0 aromatic heterocycles. The van der Waals surface area contributed by atoms with Crippen molar-refractivity contribution >= 4 is 0 Å². The summed E-state index contributed by atoms with van der Waals surface area (Å²) in [7, 11) is 0. The van der Waals surface area contributed by atoms with E-state index in [9.17, 15) is 13.2 Å². The Labute approximate surface area is 120 Å². The van der Waals surface area contributed by atoms with Gasteiger partial charge < -0.3 is 0 Å². The van der Waals surface area contributed by atoms with Gasteiger partial charge in [-0.25, -0.2) is 4.39 Å². The zero-order valence-electron chi connectivity index (χ0n) is 12.5. The van der Waals surface area contributed by atoms with Crippen LogP contribution in [0.5, 0.6) is 0 Å². The topological polar surface area (TPSA) is 0 Å². The van der Waals surface area contributed by atoms with E-state index in [2.05, 4.69) is 6.92 Å². The molecule has 0 aromatic carbocycles. The number of rotatable bonds is 4. The molecule has 0 bridgehead atoms. The van der Waals surface area contributed by atoms with Gasteiger partial charge in [-0.05, 0) is 56.3 Å². The van der Waals surface area contributed by atoms with Crippen LogP contribution in [0, 0.1) is 23.7 Å². The molecule has 0 nitrogen and oxygen atoms in total. The first-order valence-electron chi connectivity index (χ1n) is 8.32. The first kappa shape index (κ1) is 15.9. The molecule has 0 aromatic rings. The molecule has 2 aliphatic rings. The highest BCUT2D eigenvalue weighted by atomic mass is 19.3. The molecule has 2 fully saturated rings. The van der Waals surface area contributed by atoms with E-state index in [1.54, 1.807) is 0 Å². The van der Waals surface area contributed by atoms with Crippen molar-refractivity contribution in [2.24, 2.45) is 23.7 Å². The first-order chi connectivity index (χ1) is 9.61. The Bertz CT molecular complexity index is 317. The fourth-order valence-corrected chi connectivity index (χ4v) is 4.35. The molecule has 0 amide bonds. The minimum absolute atomic E-state index is 0.507. The molecule has 20 heavy (non-hydrogen) atoms. The molecule has 2 rings (SSSR count). The third-order valence-corrected chi connectivity index (χ3v) is 5.57. The van der Waals surface area contributed by atoms with Crippen LogP contribution in [0.3, 0.4) is 0 Å². The van der Waals surface area contributed by atoms with Crippen LogP contribution in [0.2, 0.25) is 0 Å². The lowest BCUT2D eigenvalue weighted by Crippen LogP contribution is -2.26. The SMILES string of the molecule is CCC[C@H]1CC[C@H](C2CCC(C(F)=C(F)F)CC2)CC1. The average Bonchev–Trinajstić information content (AvgIpc) is 2.48. The molecule has 0 heterocycles. The summed E-state index contributed by atoms with van der Waals surface area (Å²) in [6.45, 7) is 2.25. The van der Waals surface area contributed by atoms with E-state index < -0.39 is 17.8 Å². The zero-order valence-corrected chi connectivity index (χ0v) is 12.5. The molecule has 0 saturated heterocycles. The molecule has 2 aliphatic carbocycles. The third-order valence-electron chi connectivity index (χ3n) is 5.57. The summed E-state index contributed by atoms with van der Waals surface area (Å²) < 4.78 is 37.8. The molecule has 116 valence electrons. The highest BCUT2D eigenvalue weighted by molar-refractivity contribution is 5.00. The van der Waals surface area contributed by atoms with E-state index in [4.69, 9.17) is 0 Å². The summed E-state index contributed by atoms with van der Waals surface area (Å²) in [5.41, 5.74) is 0. The second-order valence-electron chi connectivity index (χ2n) is 6.79. The molecular formula is C17H27F3. The van der Waals surface area contributed by atoms with Crippen molar-refractivity contribution in [3.05, 3.63) is 11.9 Å². The van der Waals surface area contributed by atoms with E-state index in [0.29, 0.717) is 18.8 Å². The first-order valence-corrected chi connectivity index (χ1v) is 8.32. The fourth-order valence-electron chi connectivity index (χ4n) is 4.35. The molecule has 0 unspecified atom stereocenters. The predicted octanol–water partition coefficient (Wildman–Crippen LogP) is 6.48. The van der Waals surface area contributed by atoms with Gasteiger partial charge in [-0.2, -0.15) is 8.78 Å². The Morgan fingerprint density at radius 2 is 1.30 bits per heavy atom. The monoisotopic (exact) mass is 288 g/mol. The highest BCUT2D eigenvalue weighted by Gasteiger charge is 2.32. The van der Waals surface area contributed by atoms with Gasteiger partial charge in [-0.3, -0.25) is 0 Å². The summed E-state index contributed by atoms with van der Waals surface area (Å²) in [4.78, 5) is 0. The molecule has 0 N–H and O–H groups in total. The Hall–Kier alpha value is -0.470. The van der Waals surface area contributed by atoms with Gasteiger partial charge in [0.25, 0.3) is 0 Å². The highest BCUT2D eigenvalue weighted by Crippen LogP contribution is 2.44. The summed E-state index contributed by atoms with van der Waals surface area (Å²) in [6, 6.07) is 0. The van der Waals surface area contributed by atoms with Crippen molar-refractivity contribution in [3.8, 4) is 0 Å². The van der Waals surface area contributed by atoms with E-state index in [1.165, 1.54) is 38.5 Å². The van der Waals surface area contributed by atoms with Gasteiger partial charge in [-0.1, -0.05) is 32.6 Å². The van der Waals surface area contributed by atoms with Crippen LogP contribution in [0.15, 0.2) is 11.9 Å². The van der Waals surface area contributed by atoms with Gasteiger partial charge in [0.1, 0.15) is 0 Å². The van der Waals surface area contributed by atoms with Crippen molar-refractivity contribution in [2.75, 3.05) is 0 Å². The van der Waals surface area contributed by atoms with Crippen LogP contribution in [0.25, 0.3) is 0 Å². The normalized spacial score (nSPS) is 34.8. The maximum absolute atomic E-state index is 13.2. The second-order valence-corrected chi connectivity index (χ2v) is 6.79. The van der Waals surface area contributed by atoms with Crippen molar-refractivity contribution in [1.29, 1.82) is 0 Å². The van der Waals surface area contributed by atoms with Gasteiger partial charge in [0, 0.05) is 5.92 Å². The van der Waals surface area contributed by atoms with Crippen LogP contribution in [-0.2, 0) is 0 Å². The minimum atomic E-state index is -2.10. The van der Waals surface area contributed by atoms with E-state index in [0.717, 1.165) is 24.7 Å². The standard InChI is InChI=1S/C17H27F3/c1-2-3-12-4-6-13(7-5-12)14-8-10-15(11-9-14)16(18)17(19)20/h12-15H,2-11H2,1H3/t12-,13-,14?,15?. The predicted molar refractivity (Wildman–Crippen MR) is 76.2 cm³/mol. The maximum Gasteiger partial charge on any atom is 0.301 e. The molecule has 0 aliphatic heterocycles. The Kier molecular flexibility index (Phi) is 5.98. The lowest BCUT2D eigenvalue weighted by atomic mass is 9.68. The number of hydrogen-bond donors (Lipinski definition) is 0. The maximum atomic E-state index is 13.2. The Morgan fingerprint density at radius 3 is 1.75 bits per heavy atom. The minimum Gasteiger partial charge on any atom is -0.206 e. The van der Waals surface area contributed by atoms with Crippen LogP contribution < -0.4 is 0 Å². The van der Waals surface area contributed by atoms with E-state index in [-0.39, 0.29) is 0 Å². The van der Waals surface area contributed by atoms with Crippen molar-refractivity contribution in [1.82, 2.24) is 0 Å². The van der Waals surface area contributed by atoms with E-state index in [1.807, 2.05) is 0 Å². The summed E-state index contributed by atoms with van der Waals surface area (Å²) in [6.07, 6.45) is 8.91. The van der Waals surface area contributed by atoms with Crippen LogP contribution in [0.1, 0.15) is 71.1 Å². The largest absolute Gasteiger partial charge is 0.301 e. The third kappa shape index (κ3) is 4.02. The average molecular weight is 288 g/mol. The smallest absolute Gasteiger partial charge is 0.206 e. The van der Waals surface area contributed by atoms with Crippen LogP contribution >= 0.6 is 0 Å². The van der Waals surface area contributed by atoms with Crippen molar-refractivity contribution in [3.63, 3.8) is 0 Å². The Balaban J connectivity index is 1.76. The number of hydrogen-bond acceptors (Lipinski definition) is 0. The second kappa shape index (κ2) is 7.51. The molecular weight excluding hydrogens is 261 g/mol. The lowest BCUT2D eigenvalue weighted by Gasteiger charge is -2.37. The number of halogens is 3. The summed E-state index contributed by atoms with van der Waals surface area (Å²) in [5.74, 6) is 0.687. The zero-order chi connectivity index (χ0) is 14.5. The van der Waals surface area contributed by atoms with Gasteiger partial charge in [-0.15, -0.1) is 0 Å². The Morgan fingerprint density at radius 1 is 0.800 bits per heavy atom. The van der Waals surface area contributed by atoms with Crippen molar-refractivity contribution < 1.29 is 13.2 Å². The van der Waals surface area contributed by atoms with Crippen LogP contribution in [0.4, 0.5) is 13.2 Å². The quantitative estimate of drug-likeness (QED) is 0.555. The lowest BCUT2D eigenvalue weighted by molar-refractivity contribution is 0.142. The van der Waals surface area contributed by atoms with Gasteiger partial charge in [0.2, 0.25) is 0 Å². The van der Waals surface area contributed by atoms with Gasteiger partial charge in [0.15, 0.2) is 5.83 Å². The molecule has 2 saturated carbocycles. The van der Waals surface area contributed by atoms with Crippen molar-refractivity contribution in [2.45, 2.75) is 71.1 Å². The van der Waals surface area contributed by atoms with Gasteiger partial charge >= 0.3 is 6.08 Å².